The maximum atomic E-state index is 3.62. The lowest BCUT2D eigenvalue weighted by molar-refractivity contribution is 0.382. The number of rotatable bonds is 2. The van der Waals surface area contributed by atoms with Crippen molar-refractivity contribution in [2.75, 3.05) is 6.54 Å². The summed E-state index contributed by atoms with van der Waals surface area (Å²) in [6, 6.07) is 2.90. The number of hydrogen-bond donors (Lipinski definition) is 1. The minimum atomic E-state index is 0.300. The fourth-order valence-electron chi connectivity index (χ4n) is 2.49. The topological polar surface area (TPSA) is 12.0 Å². The van der Waals surface area contributed by atoms with Crippen LogP contribution in [0.15, 0.2) is 11.4 Å². The highest BCUT2D eigenvalue weighted by molar-refractivity contribution is 7.10. The van der Waals surface area contributed by atoms with Gasteiger partial charge in [0.05, 0.1) is 0 Å². The highest BCUT2D eigenvalue weighted by atomic mass is 32.1. The van der Waals surface area contributed by atoms with Crippen molar-refractivity contribution < 1.29 is 0 Å². The molecule has 1 atom stereocenters. The minimum absolute atomic E-state index is 0.300. The van der Waals surface area contributed by atoms with Crippen LogP contribution in [-0.4, -0.2) is 12.6 Å². The second-order valence-corrected chi connectivity index (χ2v) is 5.72. The summed E-state index contributed by atoms with van der Waals surface area (Å²) in [5, 5.41) is 5.83. The van der Waals surface area contributed by atoms with Crippen LogP contribution in [0.5, 0.6) is 0 Å². The van der Waals surface area contributed by atoms with Gasteiger partial charge in [-0.25, -0.2) is 0 Å². The van der Waals surface area contributed by atoms with Gasteiger partial charge in [-0.05, 0) is 43.3 Å². The van der Waals surface area contributed by atoms with Gasteiger partial charge >= 0.3 is 0 Å². The van der Waals surface area contributed by atoms with Gasteiger partial charge in [-0.3, -0.25) is 0 Å². The average molecular weight is 209 g/mol. The van der Waals surface area contributed by atoms with Crippen LogP contribution in [0.1, 0.15) is 37.1 Å². The SMILES string of the molecule is Cc1ccsc1C(C)(C)C1CCCN1. The molecule has 0 aliphatic carbocycles. The van der Waals surface area contributed by atoms with Crippen LogP contribution in [-0.2, 0) is 5.41 Å². The summed E-state index contributed by atoms with van der Waals surface area (Å²) in [7, 11) is 0. The van der Waals surface area contributed by atoms with Crippen LogP contribution in [0.3, 0.4) is 0 Å². The molecule has 0 spiro atoms. The molecule has 0 amide bonds. The molecule has 1 aromatic rings. The second-order valence-electron chi connectivity index (χ2n) is 4.80. The van der Waals surface area contributed by atoms with Crippen molar-refractivity contribution in [3.05, 3.63) is 21.9 Å². The maximum absolute atomic E-state index is 3.62. The Morgan fingerprint density at radius 3 is 2.79 bits per heavy atom. The first-order valence-corrected chi connectivity index (χ1v) is 6.28. The molecule has 2 heteroatoms. The molecule has 0 aromatic carbocycles. The van der Waals surface area contributed by atoms with Gasteiger partial charge in [0.2, 0.25) is 0 Å². The van der Waals surface area contributed by atoms with Gasteiger partial charge in [-0.2, -0.15) is 0 Å². The van der Waals surface area contributed by atoms with Gasteiger partial charge in [0.1, 0.15) is 0 Å². The number of thiophene rings is 1. The van der Waals surface area contributed by atoms with Gasteiger partial charge < -0.3 is 5.32 Å². The smallest absolute Gasteiger partial charge is 0.0167 e. The molecule has 1 saturated heterocycles. The quantitative estimate of drug-likeness (QED) is 0.789. The fraction of sp³-hybridized carbons (Fsp3) is 0.667. The summed E-state index contributed by atoms with van der Waals surface area (Å²) < 4.78 is 0. The molecule has 0 bridgehead atoms. The largest absolute Gasteiger partial charge is 0.313 e. The molecule has 2 rings (SSSR count). The van der Waals surface area contributed by atoms with Crippen molar-refractivity contribution in [1.29, 1.82) is 0 Å². The third-order valence-corrected chi connectivity index (χ3v) is 4.73. The first kappa shape index (κ1) is 10.2. The van der Waals surface area contributed by atoms with Crippen LogP contribution >= 0.6 is 11.3 Å². The minimum Gasteiger partial charge on any atom is -0.313 e. The van der Waals surface area contributed by atoms with E-state index in [1.54, 1.807) is 4.88 Å². The van der Waals surface area contributed by atoms with Crippen LogP contribution in [0.4, 0.5) is 0 Å². The van der Waals surface area contributed by atoms with Crippen LogP contribution in [0.2, 0.25) is 0 Å². The Kier molecular flexibility index (Phi) is 2.67. The molecular formula is C12H19NS. The Balaban J connectivity index is 2.26. The van der Waals surface area contributed by atoms with Gasteiger partial charge in [-0.1, -0.05) is 13.8 Å². The van der Waals surface area contributed by atoms with E-state index in [4.69, 9.17) is 0 Å². The van der Waals surface area contributed by atoms with E-state index in [-0.39, 0.29) is 0 Å². The zero-order chi connectivity index (χ0) is 10.2. The van der Waals surface area contributed by atoms with E-state index in [1.165, 1.54) is 24.9 Å². The van der Waals surface area contributed by atoms with E-state index < -0.39 is 0 Å². The van der Waals surface area contributed by atoms with Crippen LogP contribution in [0, 0.1) is 6.92 Å². The van der Waals surface area contributed by atoms with Crippen molar-refractivity contribution in [1.82, 2.24) is 5.32 Å². The van der Waals surface area contributed by atoms with Crippen molar-refractivity contribution in [3.8, 4) is 0 Å². The molecule has 14 heavy (non-hydrogen) atoms. The van der Waals surface area contributed by atoms with Gasteiger partial charge in [0.25, 0.3) is 0 Å². The van der Waals surface area contributed by atoms with Gasteiger partial charge in [-0.15, -0.1) is 11.3 Å². The zero-order valence-corrected chi connectivity index (χ0v) is 10.1. The Morgan fingerprint density at radius 2 is 2.29 bits per heavy atom. The molecule has 1 aliphatic heterocycles. The van der Waals surface area contributed by atoms with Crippen molar-refractivity contribution in [2.24, 2.45) is 0 Å². The van der Waals surface area contributed by atoms with Crippen molar-refractivity contribution in [2.45, 2.75) is 45.1 Å². The molecule has 1 fully saturated rings. The van der Waals surface area contributed by atoms with E-state index in [1.807, 2.05) is 11.3 Å². The molecule has 1 nitrogen and oxygen atoms in total. The normalized spacial score (nSPS) is 22.9. The zero-order valence-electron chi connectivity index (χ0n) is 9.26. The van der Waals surface area contributed by atoms with E-state index >= 15 is 0 Å². The molecule has 78 valence electrons. The highest BCUT2D eigenvalue weighted by Crippen LogP contribution is 2.36. The number of aryl methyl sites for hydroxylation is 1. The number of nitrogens with one attached hydrogen (secondary N) is 1. The molecule has 1 aliphatic rings. The predicted molar refractivity (Wildman–Crippen MR) is 63.1 cm³/mol. The summed E-state index contributed by atoms with van der Waals surface area (Å²) in [6.45, 7) is 8.16. The lowest BCUT2D eigenvalue weighted by Gasteiger charge is -2.31. The Morgan fingerprint density at radius 1 is 1.50 bits per heavy atom. The monoisotopic (exact) mass is 209 g/mol. The van der Waals surface area contributed by atoms with Crippen molar-refractivity contribution >= 4 is 11.3 Å². The summed E-state index contributed by atoms with van der Waals surface area (Å²) in [4.78, 5) is 1.55. The van der Waals surface area contributed by atoms with Crippen LogP contribution in [0.25, 0.3) is 0 Å². The lowest BCUT2D eigenvalue weighted by Crippen LogP contribution is -2.40. The summed E-state index contributed by atoms with van der Waals surface area (Å²) in [6.07, 6.45) is 2.66. The second kappa shape index (κ2) is 3.67. The van der Waals surface area contributed by atoms with E-state index in [9.17, 15) is 0 Å². The first-order valence-electron chi connectivity index (χ1n) is 5.40. The maximum Gasteiger partial charge on any atom is 0.0167 e. The standard InChI is InChI=1S/C12H19NS/c1-9-6-8-14-11(9)12(2,3)10-5-4-7-13-10/h6,8,10,13H,4-5,7H2,1-3H3. The Labute approximate surface area is 90.5 Å². The van der Waals surface area contributed by atoms with Crippen molar-refractivity contribution in [3.63, 3.8) is 0 Å². The Hall–Kier alpha value is -0.340. The lowest BCUT2D eigenvalue weighted by atomic mass is 9.81. The molecule has 1 N–H and O–H groups in total. The average Bonchev–Trinajstić information content (AvgIpc) is 2.72. The van der Waals surface area contributed by atoms with Gasteiger partial charge in [0, 0.05) is 16.3 Å². The van der Waals surface area contributed by atoms with E-state index in [0.29, 0.717) is 11.5 Å². The molecule has 1 unspecified atom stereocenters. The fourth-order valence-corrected chi connectivity index (χ4v) is 3.60. The third-order valence-electron chi connectivity index (χ3n) is 3.38. The Bertz CT molecular complexity index is 308. The molecule has 0 saturated carbocycles. The first-order chi connectivity index (χ1) is 6.62. The third kappa shape index (κ3) is 1.61. The summed E-state index contributed by atoms with van der Waals surface area (Å²) >= 11 is 1.90. The van der Waals surface area contributed by atoms with Crippen LogP contribution < -0.4 is 5.32 Å². The predicted octanol–water partition coefficient (Wildman–Crippen LogP) is 3.09. The molecule has 1 aromatic heterocycles. The summed E-state index contributed by atoms with van der Waals surface area (Å²) in [5.74, 6) is 0. The molecule has 0 radical (unpaired) electrons. The highest BCUT2D eigenvalue weighted by Gasteiger charge is 2.34. The van der Waals surface area contributed by atoms with Gasteiger partial charge in [0.15, 0.2) is 0 Å². The summed E-state index contributed by atoms with van der Waals surface area (Å²) in [5.41, 5.74) is 1.75. The molecule has 2 heterocycles. The molecular weight excluding hydrogens is 190 g/mol. The van der Waals surface area contributed by atoms with E-state index in [0.717, 1.165) is 0 Å². The van der Waals surface area contributed by atoms with E-state index in [2.05, 4.69) is 37.5 Å². The number of hydrogen-bond acceptors (Lipinski definition) is 2.